The summed E-state index contributed by atoms with van der Waals surface area (Å²) in [7, 11) is 0. The van der Waals surface area contributed by atoms with Crippen molar-refractivity contribution in [2.24, 2.45) is 0 Å². The van der Waals surface area contributed by atoms with Crippen molar-refractivity contribution >= 4 is 22.9 Å². The summed E-state index contributed by atoms with van der Waals surface area (Å²) in [5, 5.41) is 3.15. The Hall–Kier alpha value is -0.740. The van der Waals surface area contributed by atoms with Crippen molar-refractivity contribution in [2.75, 3.05) is 0 Å². The van der Waals surface area contributed by atoms with Crippen LogP contribution in [-0.2, 0) is 6.42 Å². The SMILES string of the molecule is CCc1nc(-c2cccs2)ns1. The fraction of sp³-hybridized carbons (Fsp3) is 0.250. The highest BCUT2D eigenvalue weighted by atomic mass is 32.1. The lowest BCUT2D eigenvalue weighted by atomic mass is 10.4. The Kier molecular flexibility index (Phi) is 2.19. The molecule has 0 atom stereocenters. The Bertz CT molecular complexity index is 351. The van der Waals surface area contributed by atoms with E-state index >= 15 is 0 Å². The molecule has 2 aromatic heterocycles. The van der Waals surface area contributed by atoms with Crippen molar-refractivity contribution in [3.63, 3.8) is 0 Å². The first-order valence-electron chi connectivity index (χ1n) is 3.76. The van der Waals surface area contributed by atoms with Gasteiger partial charge in [-0.15, -0.1) is 11.3 Å². The lowest BCUT2D eigenvalue weighted by Crippen LogP contribution is -1.77. The van der Waals surface area contributed by atoms with Crippen LogP contribution in [-0.4, -0.2) is 9.36 Å². The summed E-state index contributed by atoms with van der Waals surface area (Å²) in [4.78, 5) is 5.55. The van der Waals surface area contributed by atoms with Gasteiger partial charge in [0.05, 0.1) is 4.88 Å². The summed E-state index contributed by atoms with van der Waals surface area (Å²) < 4.78 is 4.27. The first kappa shape index (κ1) is 7.89. The van der Waals surface area contributed by atoms with Gasteiger partial charge in [0.15, 0.2) is 5.82 Å². The zero-order valence-electron chi connectivity index (χ0n) is 6.65. The molecule has 0 aliphatic carbocycles. The van der Waals surface area contributed by atoms with E-state index in [2.05, 4.69) is 16.3 Å². The molecule has 0 amide bonds. The lowest BCUT2D eigenvalue weighted by Gasteiger charge is -1.84. The lowest BCUT2D eigenvalue weighted by molar-refractivity contribution is 1.09. The number of nitrogens with zero attached hydrogens (tertiary/aromatic N) is 2. The fourth-order valence-corrected chi connectivity index (χ4v) is 2.21. The van der Waals surface area contributed by atoms with Crippen molar-refractivity contribution in [2.45, 2.75) is 13.3 Å². The van der Waals surface area contributed by atoms with Gasteiger partial charge in [-0.1, -0.05) is 13.0 Å². The third-order valence-electron chi connectivity index (χ3n) is 1.51. The Labute approximate surface area is 79.1 Å². The van der Waals surface area contributed by atoms with E-state index in [1.54, 1.807) is 11.3 Å². The molecule has 4 heteroatoms. The number of hydrogen-bond donors (Lipinski definition) is 0. The molecule has 0 aliphatic heterocycles. The van der Waals surface area contributed by atoms with Gasteiger partial charge in [0, 0.05) is 0 Å². The van der Waals surface area contributed by atoms with E-state index in [-0.39, 0.29) is 0 Å². The van der Waals surface area contributed by atoms with E-state index in [9.17, 15) is 0 Å². The molecule has 2 rings (SSSR count). The minimum atomic E-state index is 0.881. The van der Waals surface area contributed by atoms with Crippen LogP contribution >= 0.6 is 22.9 Å². The second-order valence-electron chi connectivity index (χ2n) is 2.34. The normalized spacial score (nSPS) is 10.4. The maximum Gasteiger partial charge on any atom is 0.183 e. The van der Waals surface area contributed by atoms with E-state index in [1.165, 1.54) is 11.5 Å². The van der Waals surface area contributed by atoms with Crippen molar-refractivity contribution in [1.82, 2.24) is 9.36 Å². The van der Waals surface area contributed by atoms with E-state index < -0.39 is 0 Å². The van der Waals surface area contributed by atoms with Crippen LogP contribution in [0.5, 0.6) is 0 Å². The predicted octanol–water partition coefficient (Wildman–Crippen LogP) is 2.83. The van der Waals surface area contributed by atoms with E-state index in [0.717, 1.165) is 22.1 Å². The van der Waals surface area contributed by atoms with Crippen molar-refractivity contribution in [3.05, 3.63) is 22.5 Å². The Morgan fingerprint density at radius 2 is 2.42 bits per heavy atom. The molecule has 0 bridgehead atoms. The molecular formula is C8H8N2S2. The third-order valence-corrected chi connectivity index (χ3v) is 3.23. The molecule has 0 spiro atoms. The number of thiophene rings is 1. The number of rotatable bonds is 2. The molecule has 0 radical (unpaired) electrons. The van der Waals surface area contributed by atoms with Gasteiger partial charge in [-0.05, 0) is 29.4 Å². The third kappa shape index (κ3) is 1.40. The molecule has 0 unspecified atom stereocenters. The van der Waals surface area contributed by atoms with Gasteiger partial charge in [0.1, 0.15) is 5.01 Å². The maximum atomic E-state index is 4.39. The standard InChI is InChI=1S/C8H8N2S2/c1-2-7-9-8(10-12-7)6-4-3-5-11-6/h3-5H,2H2,1H3. The van der Waals surface area contributed by atoms with Gasteiger partial charge in [-0.3, -0.25) is 0 Å². The van der Waals surface area contributed by atoms with Crippen LogP contribution in [0, 0.1) is 0 Å². The van der Waals surface area contributed by atoms with Crippen molar-refractivity contribution < 1.29 is 0 Å². The molecule has 12 heavy (non-hydrogen) atoms. The molecular weight excluding hydrogens is 188 g/mol. The van der Waals surface area contributed by atoms with E-state index in [4.69, 9.17) is 0 Å². The highest BCUT2D eigenvalue weighted by molar-refractivity contribution is 7.13. The van der Waals surface area contributed by atoms with Crippen LogP contribution in [0.2, 0.25) is 0 Å². The Balaban J connectivity index is 2.35. The molecule has 0 saturated heterocycles. The highest BCUT2D eigenvalue weighted by Gasteiger charge is 2.04. The average Bonchev–Trinajstić information content (AvgIpc) is 2.75. The van der Waals surface area contributed by atoms with Crippen LogP contribution in [0.15, 0.2) is 17.5 Å². The molecule has 2 nitrogen and oxygen atoms in total. The van der Waals surface area contributed by atoms with Gasteiger partial charge in [-0.2, -0.15) is 4.37 Å². The predicted molar refractivity (Wildman–Crippen MR) is 52.6 cm³/mol. The molecule has 0 fully saturated rings. The molecule has 0 N–H and O–H groups in total. The molecule has 0 aromatic carbocycles. The first-order valence-corrected chi connectivity index (χ1v) is 5.42. The van der Waals surface area contributed by atoms with Gasteiger partial charge < -0.3 is 0 Å². The van der Waals surface area contributed by atoms with Crippen molar-refractivity contribution in [3.8, 4) is 10.7 Å². The number of aryl methyl sites for hydroxylation is 1. The quantitative estimate of drug-likeness (QED) is 0.738. The molecule has 62 valence electrons. The van der Waals surface area contributed by atoms with Crippen LogP contribution < -0.4 is 0 Å². The molecule has 2 aromatic rings. The first-order chi connectivity index (χ1) is 5.90. The van der Waals surface area contributed by atoms with Gasteiger partial charge in [0.2, 0.25) is 0 Å². The van der Waals surface area contributed by atoms with Crippen LogP contribution in [0.3, 0.4) is 0 Å². The number of aromatic nitrogens is 2. The van der Waals surface area contributed by atoms with Crippen LogP contribution in [0.4, 0.5) is 0 Å². The number of hydrogen-bond acceptors (Lipinski definition) is 4. The van der Waals surface area contributed by atoms with Gasteiger partial charge in [0.25, 0.3) is 0 Å². The van der Waals surface area contributed by atoms with Crippen molar-refractivity contribution in [1.29, 1.82) is 0 Å². The topological polar surface area (TPSA) is 25.8 Å². The second kappa shape index (κ2) is 3.33. The minimum Gasteiger partial charge on any atom is -0.219 e. The summed E-state index contributed by atoms with van der Waals surface area (Å²) in [6.07, 6.45) is 0.975. The molecule has 0 saturated carbocycles. The largest absolute Gasteiger partial charge is 0.219 e. The monoisotopic (exact) mass is 196 g/mol. The second-order valence-corrected chi connectivity index (χ2v) is 4.13. The average molecular weight is 196 g/mol. The van der Waals surface area contributed by atoms with E-state index in [0.29, 0.717) is 0 Å². The fourth-order valence-electron chi connectivity index (χ4n) is 0.904. The smallest absolute Gasteiger partial charge is 0.183 e. The summed E-state index contributed by atoms with van der Waals surface area (Å²) in [5.41, 5.74) is 0. The van der Waals surface area contributed by atoms with E-state index in [1.807, 2.05) is 17.5 Å². The summed E-state index contributed by atoms with van der Waals surface area (Å²) in [5.74, 6) is 0.881. The minimum absolute atomic E-state index is 0.881. The van der Waals surface area contributed by atoms with Gasteiger partial charge in [-0.25, -0.2) is 4.98 Å². The van der Waals surface area contributed by atoms with Crippen LogP contribution in [0.25, 0.3) is 10.7 Å². The summed E-state index contributed by atoms with van der Waals surface area (Å²) >= 11 is 3.17. The van der Waals surface area contributed by atoms with Gasteiger partial charge >= 0.3 is 0 Å². The zero-order valence-corrected chi connectivity index (χ0v) is 8.28. The summed E-state index contributed by atoms with van der Waals surface area (Å²) in [6, 6.07) is 4.07. The molecule has 0 aliphatic rings. The summed E-state index contributed by atoms with van der Waals surface area (Å²) in [6.45, 7) is 2.10. The molecule has 2 heterocycles. The Morgan fingerprint density at radius 1 is 1.50 bits per heavy atom. The van der Waals surface area contributed by atoms with Crippen LogP contribution in [0.1, 0.15) is 11.9 Å². The zero-order chi connectivity index (χ0) is 8.39. The Morgan fingerprint density at radius 3 is 3.00 bits per heavy atom. The highest BCUT2D eigenvalue weighted by Crippen LogP contribution is 2.22. The maximum absolute atomic E-state index is 4.39.